The summed E-state index contributed by atoms with van der Waals surface area (Å²) in [7, 11) is 0. The molecule has 0 spiro atoms. The Balaban J connectivity index is -0.0000000300. The van der Waals surface area contributed by atoms with Crippen LogP contribution in [0.1, 0.15) is 13.8 Å². The Morgan fingerprint density at radius 3 is 1.00 bits per heavy atom. The molecule has 4 nitrogen and oxygen atoms in total. The van der Waals surface area contributed by atoms with E-state index in [1.165, 1.54) is 0 Å². The van der Waals surface area contributed by atoms with E-state index in [1.54, 1.807) is 0 Å². The molecule has 0 aliphatic carbocycles. The maximum atomic E-state index is 8.89. The SMILES string of the molecule is CC(=O)[O-].CC(=O)[O-].[K+].[Li+]. The average Bonchev–Trinajstić information content (AvgIpc) is 1.25. The van der Waals surface area contributed by atoms with Gasteiger partial charge in [-0.25, -0.2) is 0 Å². The van der Waals surface area contributed by atoms with Gasteiger partial charge in [-0.05, 0) is 13.8 Å². The molecule has 0 heterocycles. The van der Waals surface area contributed by atoms with E-state index in [-0.39, 0.29) is 70.2 Å². The molecule has 0 aromatic heterocycles. The van der Waals surface area contributed by atoms with Crippen LogP contribution in [0, 0.1) is 0 Å². The molecule has 0 rings (SSSR count). The van der Waals surface area contributed by atoms with Crippen molar-refractivity contribution >= 4 is 11.9 Å². The van der Waals surface area contributed by atoms with Gasteiger partial charge in [0.2, 0.25) is 0 Å². The molecule has 0 N–H and O–H groups in total. The second-order valence-corrected chi connectivity index (χ2v) is 0.983. The molecule has 0 bridgehead atoms. The smallest absolute Gasteiger partial charge is 0.550 e. The van der Waals surface area contributed by atoms with E-state index in [9.17, 15) is 0 Å². The van der Waals surface area contributed by atoms with Crippen molar-refractivity contribution in [2.45, 2.75) is 13.8 Å². The standard InChI is InChI=1S/2C2H4O2.K.Li/c2*1-2(3)4;;/h2*1H3,(H,3,4);;/q;;2*+1/p-2. The van der Waals surface area contributed by atoms with Crippen LogP contribution in [0.2, 0.25) is 0 Å². The molecule has 0 unspecified atom stereocenters. The summed E-state index contributed by atoms with van der Waals surface area (Å²) in [6.07, 6.45) is 0. The van der Waals surface area contributed by atoms with Crippen LogP contribution in [-0.2, 0) is 9.59 Å². The topological polar surface area (TPSA) is 80.3 Å². The van der Waals surface area contributed by atoms with Crippen molar-refractivity contribution in [3.05, 3.63) is 0 Å². The summed E-state index contributed by atoms with van der Waals surface area (Å²) in [5.74, 6) is -2.17. The van der Waals surface area contributed by atoms with Crippen LogP contribution in [0.5, 0.6) is 0 Å². The molecule has 0 saturated carbocycles. The average molecular weight is 164 g/mol. The third-order valence-electron chi connectivity index (χ3n) is 0. The van der Waals surface area contributed by atoms with Gasteiger partial charge in [0.25, 0.3) is 0 Å². The first-order valence-electron chi connectivity index (χ1n) is 1.82. The summed E-state index contributed by atoms with van der Waals surface area (Å²) < 4.78 is 0. The minimum absolute atomic E-state index is 0. The molecule has 0 fully saturated rings. The Labute approximate surface area is 114 Å². The third-order valence-corrected chi connectivity index (χ3v) is 0. The number of hydrogen-bond donors (Lipinski definition) is 0. The van der Waals surface area contributed by atoms with Crippen molar-refractivity contribution < 1.29 is 90.0 Å². The Bertz CT molecular complexity index is 75.3. The van der Waals surface area contributed by atoms with Crippen LogP contribution in [0.15, 0.2) is 0 Å². The van der Waals surface area contributed by atoms with Crippen molar-refractivity contribution in [2.75, 3.05) is 0 Å². The fourth-order valence-corrected chi connectivity index (χ4v) is 0. The fraction of sp³-hybridized carbons (Fsp3) is 0.500. The van der Waals surface area contributed by atoms with E-state index in [1.807, 2.05) is 0 Å². The molecule has 0 aliphatic rings. The molecule has 10 heavy (non-hydrogen) atoms. The monoisotopic (exact) mass is 164 g/mol. The summed E-state index contributed by atoms with van der Waals surface area (Å²) >= 11 is 0. The molecule has 0 aliphatic heterocycles. The van der Waals surface area contributed by atoms with Crippen LogP contribution in [0.3, 0.4) is 0 Å². The van der Waals surface area contributed by atoms with Crippen molar-refractivity contribution in [1.29, 1.82) is 0 Å². The normalized spacial score (nSPS) is 5.00. The van der Waals surface area contributed by atoms with E-state index in [4.69, 9.17) is 19.8 Å². The first-order valence-corrected chi connectivity index (χ1v) is 1.82. The quantitative estimate of drug-likeness (QED) is 0.333. The molecule has 48 valence electrons. The van der Waals surface area contributed by atoms with Gasteiger partial charge in [0.05, 0.1) is 0 Å². The molecular weight excluding hydrogens is 158 g/mol. The summed E-state index contributed by atoms with van der Waals surface area (Å²) in [6.45, 7) is 1.94. The molecule has 0 aromatic carbocycles. The number of rotatable bonds is 0. The predicted octanol–water partition coefficient (Wildman–Crippen LogP) is -8.48. The molecule has 0 amide bonds. The maximum absolute atomic E-state index is 8.89. The van der Waals surface area contributed by atoms with Gasteiger partial charge in [0.15, 0.2) is 0 Å². The molecular formula is C4H6KLiO4. The summed E-state index contributed by atoms with van der Waals surface area (Å²) in [5.41, 5.74) is 0. The van der Waals surface area contributed by atoms with E-state index in [2.05, 4.69) is 0 Å². The Kier molecular flexibility index (Phi) is 37.4. The molecule has 0 radical (unpaired) electrons. The Morgan fingerprint density at radius 2 is 1.00 bits per heavy atom. The van der Waals surface area contributed by atoms with Gasteiger partial charge < -0.3 is 19.8 Å². The number of carboxylic acids is 2. The van der Waals surface area contributed by atoms with Gasteiger partial charge in [0.1, 0.15) is 0 Å². The molecule has 0 atom stereocenters. The molecule has 6 heteroatoms. The Hall–Kier alpha value is 1.17. The van der Waals surface area contributed by atoms with Crippen LogP contribution >= 0.6 is 0 Å². The van der Waals surface area contributed by atoms with E-state index >= 15 is 0 Å². The van der Waals surface area contributed by atoms with Crippen molar-refractivity contribution in [1.82, 2.24) is 0 Å². The van der Waals surface area contributed by atoms with Gasteiger partial charge in [-0.3, -0.25) is 0 Å². The van der Waals surface area contributed by atoms with Crippen LogP contribution in [-0.4, -0.2) is 11.9 Å². The largest absolute Gasteiger partial charge is 1.00 e. The van der Waals surface area contributed by atoms with E-state index < -0.39 is 11.9 Å². The van der Waals surface area contributed by atoms with Crippen molar-refractivity contribution in [2.24, 2.45) is 0 Å². The van der Waals surface area contributed by atoms with Crippen LogP contribution < -0.4 is 80.5 Å². The molecule has 0 aromatic rings. The zero-order valence-electron chi connectivity index (χ0n) is 6.63. The minimum Gasteiger partial charge on any atom is -0.550 e. The number of carbonyl (C=O) groups excluding carboxylic acids is 2. The van der Waals surface area contributed by atoms with Crippen LogP contribution in [0.4, 0.5) is 0 Å². The number of hydrogen-bond acceptors (Lipinski definition) is 4. The van der Waals surface area contributed by atoms with E-state index in [0.717, 1.165) is 13.8 Å². The van der Waals surface area contributed by atoms with Gasteiger partial charge in [-0.2, -0.15) is 0 Å². The second kappa shape index (κ2) is 16.6. The van der Waals surface area contributed by atoms with Gasteiger partial charge in [-0.1, -0.05) is 0 Å². The number of carboxylic acid groups (broad SMARTS) is 2. The summed E-state index contributed by atoms with van der Waals surface area (Å²) in [4.78, 5) is 17.8. The third kappa shape index (κ3) is 445. The second-order valence-electron chi connectivity index (χ2n) is 0.983. The summed E-state index contributed by atoms with van der Waals surface area (Å²) in [6, 6.07) is 0. The van der Waals surface area contributed by atoms with Crippen LogP contribution in [0.25, 0.3) is 0 Å². The fourth-order valence-electron chi connectivity index (χ4n) is 0. The Morgan fingerprint density at radius 1 is 1.00 bits per heavy atom. The zero-order chi connectivity index (χ0) is 7.15. The summed E-state index contributed by atoms with van der Waals surface area (Å²) in [5, 5.41) is 17.8. The maximum Gasteiger partial charge on any atom is 1.00 e. The molecule has 0 saturated heterocycles. The number of carbonyl (C=O) groups is 2. The first kappa shape index (κ1) is 22.5. The zero-order valence-corrected chi connectivity index (χ0v) is 9.76. The van der Waals surface area contributed by atoms with Gasteiger partial charge >= 0.3 is 70.2 Å². The van der Waals surface area contributed by atoms with Crippen molar-refractivity contribution in [3.8, 4) is 0 Å². The van der Waals surface area contributed by atoms with Crippen molar-refractivity contribution in [3.63, 3.8) is 0 Å². The van der Waals surface area contributed by atoms with Gasteiger partial charge in [0, 0.05) is 11.9 Å². The minimum atomic E-state index is -1.08. The van der Waals surface area contributed by atoms with E-state index in [0.29, 0.717) is 0 Å². The first-order chi connectivity index (χ1) is 3.46. The predicted molar refractivity (Wildman–Crippen MR) is 21.4 cm³/mol. The number of aliphatic carboxylic acids is 2. The van der Waals surface area contributed by atoms with Gasteiger partial charge in [-0.15, -0.1) is 0 Å².